The minimum Gasteiger partial charge on any atom is -0.379 e. The first kappa shape index (κ1) is 11.9. The Bertz CT molecular complexity index is 542. The van der Waals surface area contributed by atoms with Crippen LogP contribution in [0.5, 0.6) is 0 Å². The van der Waals surface area contributed by atoms with Crippen molar-refractivity contribution in [1.29, 1.82) is 0 Å². The summed E-state index contributed by atoms with van der Waals surface area (Å²) in [6, 6.07) is 7.88. The fourth-order valence-electron chi connectivity index (χ4n) is 1.73. The molecule has 0 saturated heterocycles. The minimum atomic E-state index is -4.81. The maximum atomic E-state index is 13.5. The van der Waals surface area contributed by atoms with Crippen LogP contribution in [-0.2, 0) is 0 Å². The van der Waals surface area contributed by atoms with Crippen molar-refractivity contribution in [1.82, 2.24) is 0 Å². The summed E-state index contributed by atoms with van der Waals surface area (Å²) < 4.78 is 50.8. The van der Waals surface area contributed by atoms with E-state index in [9.17, 15) is 22.7 Å². The van der Waals surface area contributed by atoms with E-state index in [-0.39, 0.29) is 5.39 Å². The van der Waals surface area contributed by atoms with Crippen LogP contribution in [0.15, 0.2) is 36.4 Å². The summed E-state index contributed by atoms with van der Waals surface area (Å²) in [5.74, 6) is -0.776. The van der Waals surface area contributed by atoms with Crippen molar-refractivity contribution in [2.75, 3.05) is 0 Å². The molecule has 2 aromatic carbocycles. The summed E-state index contributed by atoms with van der Waals surface area (Å²) in [6.07, 6.45) is -7.49. The van der Waals surface area contributed by atoms with Gasteiger partial charge >= 0.3 is 6.18 Å². The van der Waals surface area contributed by atoms with Crippen molar-refractivity contribution in [2.24, 2.45) is 0 Å². The third kappa shape index (κ3) is 2.10. The third-order valence-corrected chi connectivity index (χ3v) is 2.49. The van der Waals surface area contributed by atoms with Crippen LogP contribution in [0.2, 0.25) is 0 Å². The molecule has 0 spiro atoms. The summed E-state index contributed by atoms with van der Waals surface area (Å²) in [4.78, 5) is 0. The molecule has 1 unspecified atom stereocenters. The van der Waals surface area contributed by atoms with Crippen LogP contribution in [0.25, 0.3) is 10.8 Å². The van der Waals surface area contributed by atoms with E-state index in [1.807, 2.05) is 0 Å². The number of benzene rings is 2. The van der Waals surface area contributed by atoms with Gasteiger partial charge in [0.2, 0.25) is 0 Å². The second kappa shape index (κ2) is 4.00. The molecule has 0 aliphatic rings. The zero-order valence-electron chi connectivity index (χ0n) is 8.50. The van der Waals surface area contributed by atoms with Crippen LogP contribution in [-0.4, -0.2) is 11.3 Å². The van der Waals surface area contributed by atoms with Gasteiger partial charge in [0, 0.05) is 10.9 Å². The van der Waals surface area contributed by atoms with Gasteiger partial charge < -0.3 is 5.11 Å². The Hall–Kier alpha value is -1.62. The minimum absolute atomic E-state index is 0.195. The van der Waals surface area contributed by atoms with E-state index < -0.39 is 23.7 Å². The molecule has 0 amide bonds. The highest BCUT2D eigenvalue weighted by Gasteiger charge is 2.40. The fraction of sp³-hybridized carbons (Fsp3) is 0.167. The lowest BCUT2D eigenvalue weighted by molar-refractivity contribution is -0.206. The Balaban J connectivity index is 2.70. The lowest BCUT2D eigenvalue weighted by Gasteiger charge is -2.17. The lowest BCUT2D eigenvalue weighted by Crippen LogP contribution is -2.20. The number of fused-ring (bicyclic) bond motifs is 1. The molecule has 0 aliphatic carbocycles. The van der Waals surface area contributed by atoms with Crippen molar-refractivity contribution in [3.63, 3.8) is 0 Å². The van der Waals surface area contributed by atoms with E-state index in [1.165, 1.54) is 24.3 Å². The van der Waals surface area contributed by atoms with Crippen LogP contribution in [0.1, 0.15) is 11.7 Å². The summed E-state index contributed by atoms with van der Waals surface area (Å²) in [7, 11) is 0. The first-order chi connectivity index (χ1) is 7.91. The highest BCUT2D eigenvalue weighted by molar-refractivity contribution is 5.86. The lowest BCUT2D eigenvalue weighted by atomic mass is 10.00. The Morgan fingerprint density at radius 1 is 1.00 bits per heavy atom. The van der Waals surface area contributed by atoms with E-state index in [0.717, 1.165) is 12.1 Å². The maximum absolute atomic E-state index is 13.5. The van der Waals surface area contributed by atoms with Gasteiger partial charge in [0.25, 0.3) is 0 Å². The molecule has 1 atom stereocenters. The summed E-state index contributed by atoms with van der Waals surface area (Å²) in [5, 5.41) is 9.32. The van der Waals surface area contributed by atoms with Crippen molar-refractivity contribution in [3.05, 3.63) is 47.8 Å². The molecule has 0 saturated carbocycles. The van der Waals surface area contributed by atoms with Crippen molar-refractivity contribution in [3.8, 4) is 0 Å². The number of hydrogen-bond donors (Lipinski definition) is 1. The van der Waals surface area contributed by atoms with Crippen molar-refractivity contribution < 1.29 is 22.7 Å². The number of rotatable bonds is 1. The number of hydrogen-bond acceptors (Lipinski definition) is 1. The normalized spacial score (nSPS) is 13.9. The van der Waals surface area contributed by atoms with Crippen LogP contribution >= 0.6 is 0 Å². The molecule has 0 aromatic heterocycles. The Morgan fingerprint density at radius 3 is 2.18 bits per heavy atom. The molecule has 0 bridgehead atoms. The molecule has 5 heteroatoms. The molecular formula is C12H8F4O. The van der Waals surface area contributed by atoms with Gasteiger partial charge in [0.05, 0.1) is 0 Å². The summed E-state index contributed by atoms with van der Waals surface area (Å²) in [6.45, 7) is 0. The largest absolute Gasteiger partial charge is 0.418 e. The van der Waals surface area contributed by atoms with Crippen LogP contribution < -0.4 is 0 Å². The summed E-state index contributed by atoms with van der Waals surface area (Å²) in [5.41, 5.74) is -0.465. The standard InChI is InChI=1S/C12H8F4O/c13-9-6-2-4-7-3-1-5-8(10(7)9)11(17)12(14,15)16/h1-6,11,17H. The Labute approximate surface area is 94.3 Å². The number of aliphatic hydroxyl groups excluding tert-OH is 1. The van der Waals surface area contributed by atoms with Gasteiger partial charge in [0.15, 0.2) is 6.10 Å². The van der Waals surface area contributed by atoms with Crippen LogP contribution in [0.3, 0.4) is 0 Å². The Morgan fingerprint density at radius 2 is 1.59 bits per heavy atom. The van der Waals surface area contributed by atoms with Gasteiger partial charge in [-0.2, -0.15) is 13.2 Å². The summed E-state index contributed by atoms with van der Waals surface area (Å²) >= 11 is 0. The first-order valence-electron chi connectivity index (χ1n) is 4.83. The number of halogens is 4. The fourth-order valence-corrected chi connectivity index (χ4v) is 1.73. The zero-order valence-corrected chi connectivity index (χ0v) is 8.50. The van der Waals surface area contributed by atoms with Gasteiger partial charge in [-0.1, -0.05) is 30.3 Å². The van der Waals surface area contributed by atoms with Gasteiger partial charge in [-0.3, -0.25) is 0 Å². The van der Waals surface area contributed by atoms with Crippen LogP contribution in [0, 0.1) is 5.82 Å². The topological polar surface area (TPSA) is 20.2 Å². The van der Waals surface area contributed by atoms with E-state index in [2.05, 4.69) is 0 Å². The molecule has 17 heavy (non-hydrogen) atoms. The van der Waals surface area contributed by atoms with E-state index >= 15 is 0 Å². The molecular weight excluding hydrogens is 236 g/mol. The van der Waals surface area contributed by atoms with Gasteiger partial charge in [-0.05, 0) is 11.5 Å². The monoisotopic (exact) mass is 244 g/mol. The quantitative estimate of drug-likeness (QED) is 0.760. The highest BCUT2D eigenvalue weighted by atomic mass is 19.4. The van der Waals surface area contributed by atoms with Crippen LogP contribution in [0.4, 0.5) is 17.6 Å². The molecule has 0 radical (unpaired) electrons. The predicted octanol–water partition coefficient (Wildman–Crippen LogP) is 3.57. The molecule has 0 fully saturated rings. The van der Waals surface area contributed by atoms with E-state index in [0.29, 0.717) is 5.39 Å². The SMILES string of the molecule is OC(c1cccc2cccc(F)c12)C(F)(F)F. The zero-order chi connectivity index (χ0) is 12.6. The van der Waals surface area contributed by atoms with Gasteiger partial charge in [0.1, 0.15) is 5.82 Å². The number of alkyl halides is 3. The van der Waals surface area contributed by atoms with Gasteiger partial charge in [-0.25, -0.2) is 4.39 Å². The van der Waals surface area contributed by atoms with Crippen molar-refractivity contribution in [2.45, 2.75) is 12.3 Å². The van der Waals surface area contributed by atoms with Crippen molar-refractivity contribution >= 4 is 10.8 Å². The smallest absolute Gasteiger partial charge is 0.379 e. The average molecular weight is 244 g/mol. The number of aliphatic hydroxyl groups is 1. The van der Waals surface area contributed by atoms with E-state index in [1.54, 1.807) is 0 Å². The molecule has 2 rings (SSSR count). The van der Waals surface area contributed by atoms with E-state index in [4.69, 9.17) is 0 Å². The second-order valence-electron chi connectivity index (χ2n) is 3.63. The molecule has 1 nitrogen and oxygen atoms in total. The average Bonchev–Trinajstić information content (AvgIpc) is 2.26. The molecule has 0 aliphatic heterocycles. The molecule has 2 aromatic rings. The maximum Gasteiger partial charge on any atom is 0.418 e. The Kier molecular flexibility index (Phi) is 2.79. The first-order valence-corrected chi connectivity index (χ1v) is 4.83. The highest BCUT2D eigenvalue weighted by Crippen LogP contribution is 2.36. The predicted molar refractivity (Wildman–Crippen MR) is 54.9 cm³/mol. The van der Waals surface area contributed by atoms with Gasteiger partial charge in [-0.15, -0.1) is 0 Å². The third-order valence-electron chi connectivity index (χ3n) is 2.49. The molecule has 1 N–H and O–H groups in total. The second-order valence-corrected chi connectivity index (χ2v) is 3.63. The molecule has 0 heterocycles. The molecule has 90 valence electrons.